The minimum absolute atomic E-state index is 0.392. The van der Waals surface area contributed by atoms with Crippen molar-refractivity contribution < 1.29 is 5.11 Å². The van der Waals surface area contributed by atoms with Crippen molar-refractivity contribution in [2.45, 2.75) is 18.9 Å². The zero-order chi connectivity index (χ0) is 14.5. The van der Waals surface area contributed by atoms with E-state index < -0.39 is 6.10 Å². The van der Waals surface area contributed by atoms with E-state index in [9.17, 15) is 5.11 Å². The SMILES string of the molecule is OC(CCc1cccs1)c1ccc(-c2ccccc2)cc1. The quantitative estimate of drug-likeness (QED) is 0.695. The van der Waals surface area contributed by atoms with E-state index in [0.29, 0.717) is 0 Å². The molecule has 0 aliphatic heterocycles. The van der Waals surface area contributed by atoms with Gasteiger partial charge in [0.15, 0.2) is 0 Å². The molecular weight excluding hydrogens is 276 g/mol. The number of hydrogen-bond donors (Lipinski definition) is 1. The van der Waals surface area contributed by atoms with Crippen molar-refractivity contribution in [3.63, 3.8) is 0 Å². The molecule has 1 atom stereocenters. The van der Waals surface area contributed by atoms with Crippen LogP contribution >= 0.6 is 11.3 Å². The fourth-order valence-electron chi connectivity index (χ4n) is 2.43. The van der Waals surface area contributed by atoms with Crippen LogP contribution < -0.4 is 0 Å². The molecule has 1 heterocycles. The third-order valence-electron chi connectivity index (χ3n) is 3.65. The first-order valence-corrected chi connectivity index (χ1v) is 8.07. The van der Waals surface area contributed by atoms with Crippen molar-refractivity contribution in [3.8, 4) is 11.1 Å². The molecule has 0 saturated carbocycles. The smallest absolute Gasteiger partial charge is 0.0793 e. The van der Waals surface area contributed by atoms with Gasteiger partial charge in [-0.25, -0.2) is 0 Å². The van der Waals surface area contributed by atoms with Gasteiger partial charge in [0.2, 0.25) is 0 Å². The summed E-state index contributed by atoms with van der Waals surface area (Å²) in [7, 11) is 0. The molecule has 0 fully saturated rings. The van der Waals surface area contributed by atoms with Crippen molar-refractivity contribution >= 4 is 11.3 Å². The van der Waals surface area contributed by atoms with Crippen molar-refractivity contribution in [1.29, 1.82) is 0 Å². The number of aliphatic hydroxyl groups is 1. The lowest BCUT2D eigenvalue weighted by molar-refractivity contribution is 0.168. The number of benzene rings is 2. The lowest BCUT2D eigenvalue weighted by atomic mass is 10.00. The molecule has 1 aromatic heterocycles. The average Bonchev–Trinajstić information content (AvgIpc) is 3.07. The lowest BCUT2D eigenvalue weighted by Crippen LogP contribution is -1.98. The standard InChI is InChI=1S/C19H18OS/c20-19(13-12-18-7-4-14-21-18)17-10-8-16(9-11-17)15-5-2-1-3-6-15/h1-11,14,19-20H,12-13H2. The van der Waals surface area contributed by atoms with Crippen LogP contribution in [0.4, 0.5) is 0 Å². The first-order chi connectivity index (χ1) is 10.3. The van der Waals surface area contributed by atoms with Gasteiger partial charge < -0.3 is 5.11 Å². The summed E-state index contributed by atoms with van der Waals surface area (Å²) in [6, 6.07) is 22.7. The predicted molar refractivity (Wildman–Crippen MR) is 89.5 cm³/mol. The topological polar surface area (TPSA) is 20.2 Å². The van der Waals surface area contributed by atoms with Gasteiger partial charge in [-0.3, -0.25) is 0 Å². The monoisotopic (exact) mass is 294 g/mol. The molecule has 106 valence electrons. The fraction of sp³-hybridized carbons (Fsp3) is 0.158. The molecule has 21 heavy (non-hydrogen) atoms. The number of rotatable bonds is 5. The Balaban J connectivity index is 1.66. The van der Waals surface area contributed by atoms with Gasteiger partial charge in [0, 0.05) is 4.88 Å². The average molecular weight is 294 g/mol. The van der Waals surface area contributed by atoms with E-state index in [4.69, 9.17) is 0 Å². The van der Waals surface area contributed by atoms with Gasteiger partial charge >= 0.3 is 0 Å². The number of hydrogen-bond acceptors (Lipinski definition) is 2. The first kappa shape index (κ1) is 14.1. The van der Waals surface area contributed by atoms with Crippen molar-refractivity contribution in [3.05, 3.63) is 82.6 Å². The molecule has 1 nitrogen and oxygen atoms in total. The van der Waals surface area contributed by atoms with Gasteiger partial charge in [-0.2, -0.15) is 0 Å². The third-order valence-corrected chi connectivity index (χ3v) is 4.58. The van der Waals surface area contributed by atoms with Crippen molar-refractivity contribution in [2.75, 3.05) is 0 Å². The second kappa shape index (κ2) is 6.70. The lowest BCUT2D eigenvalue weighted by Gasteiger charge is -2.11. The Morgan fingerprint density at radius 1 is 0.810 bits per heavy atom. The first-order valence-electron chi connectivity index (χ1n) is 7.19. The highest BCUT2D eigenvalue weighted by molar-refractivity contribution is 7.09. The zero-order valence-electron chi connectivity index (χ0n) is 11.8. The van der Waals surface area contributed by atoms with Crippen LogP contribution in [0.5, 0.6) is 0 Å². The Morgan fingerprint density at radius 2 is 1.52 bits per heavy atom. The molecule has 0 aliphatic carbocycles. The summed E-state index contributed by atoms with van der Waals surface area (Å²) in [5.74, 6) is 0. The summed E-state index contributed by atoms with van der Waals surface area (Å²) in [5.41, 5.74) is 3.38. The van der Waals surface area contributed by atoms with E-state index in [0.717, 1.165) is 18.4 Å². The van der Waals surface area contributed by atoms with Crippen LogP contribution in [0, 0.1) is 0 Å². The molecule has 0 saturated heterocycles. The van der Waals surface area contributed by atoms with Crippen LogP contribution in [-0.2, 0) is 6.42 Å². The van der Waals surface area contributed by atoms with Gasteiger partial charge in [0.1, 0.15) is 0 Å². The van der Waals surface area contributed by atoms with Crippen LogP contribution in [0.1, 0.15) is 23.0 Å². The maximum absolute atomic E-state index is 10.3. The second-order valence-electron chi connectivity index (χ2n) is 5.12. The number of thiophene rings is 1. The van der Waals surface area contributed by atoms with E-state index in [2.05, 4.69) is 41.8 Å². The second-order valence-corrected chi connectivity index (χ2v) is 6.15. The Hall–Kier alpha value is -1.90. The van der Waals surface area contributed by atoms with E-state index in [-0.39, 0.29) is 0 Å². The van der Waals surface area contributed by atoms with Gasteiger partial charge in [0.05, 0.1) is 6.10 Å². The molecule has 2 aromatic carbocycles. The highest BCUT2D eigenvalue weighted by Crippen LogP contribution is 2.24. The van der Waals surface area contributed by atoms with E-state index in [1.165, 1.54) is 16.0 Å². The van der Waals surface area contributed by atoms with Crippen LogP contribution in [0.3, 0.4) is 0 Å². The third kappa shape index (κ3) is 3.60. The summed E-state index contributed by atoms with van der Waals surface area (Å²) < 4.78 is 0. The van der Waals surface area contributed by atoms with Crippen LogP contribution in [0.15, 0.2) is 72.1 Å². The summed E-state index contributed by atoms with van der Waals surface area (Å²) >= 11 is 1.75. The summed E-state index contributed by atoms with van der Waals surface area (Å²) in [5, 5.41) is 12.4. The highest BCUT2D eigenvalue weighted by atomic mass is 32.1. The minimum Gasteiger partial charge on any atom is -0.388 e. The Bertz CT molecular complexity index is 657. The van der Waals surface area contributed by atoms with Crippen molar-refractivity contribution in [2.24, 2.45) is 0 Å². The molecule has 1 unspecified atom stereocenters. The van der Waals surface area contributed by atoms with E-state index in [1.807, 2.05) is 30.3 Å². The van der Waals surface area contributed by atoms with E-state index in [1.54, 1.807) is 11.3 Å². The Kier molecular flexibility index (Phi) is 4.49. The van der Waals surface area contributed by atoms with Crippen LogP contribution in [-0.4, -0.2) is 5.11 Å². The summed E-state index contributed by atoms with van der Waals surface area (Å²) in [6.07, 6.45) is 1.31. The summed E-state index contributed by atoms with van der Waals surface area (Å²) in [6.45, 7) is 0. The summed E-state index contributed by atoms with van der Waals surface area (Å²) in [4.78, 5) is 1.33. The van der Waals surface area contributed by atoms with Crippen molar-refractivity contribution in [1.82, 2.24) is 0 Å². The van der Waals surface area contributed by atoms with Gasteiger partial charge in [-0.15, -0.1) is 11.3 Å². The van der Waals surface area contributed by atoms with E-state index >= 15 is 0 Å². The molecule has 0 bridgehead atoms. The maximum atomic E-state index is 10.3. The molecule has 0 amide bonds. The van der Waals surface area contributed by atoms with Gasteiger partial charge in [-0.1, -0.05) is 60.7 Å². The highest BCUT2D eigenvalue weighted by Gasteiger charge is 2.08. The predicted octanol–water partition coefficient (Wildman–Crippen LogP) is 5.08. The normalized spacial score (nSPS) is 12.2. The molecule has 0 spiro atoms. The number of aliphatic hydroxyl groups excluding tert-OH is 1. The van der Waals surface area contributed by atoms with Crippen LogP contribution in [0.25, 0.3) is 11.1 Å². The van der Waals surface area contributed by atoms with Gasteiger partial charge in [0.25, 0.3) is 0 Å². The largest absolute Gasteiger partial charge is 0.388 e. The molecule has 0 aliphatic rings. The zero-order valence-corrected chi connectivity index (χ0v) is 12.6. The Morgan fingerprint density at radius 3 is 2.19 bits per heavy atom. The minimum atomic E-state index is -0.392. The molecule has 0 radical (unpaired) electrons. The molecule has 3 rings (SSSR count). The number of aryl methyl sites for hydroxylation is 1. The van der Waals surface area contributed by atoms with Crippen LogP contribution in [0.2, 0.25) is 0 Å². The maximum Gasteiger partial charge on any atom is 0.0793 e. The van der Waals surface area contributed by atoms with Gasteiger partial charge in [-0.05, 0) is 41.0 Å². The molecule has 1 N–H and O–H groups in total. The molecule has 2 heteroatoms. The molecular formula is C19H18OS. The Labute approximate surface area is 129 Å². The fourth-order valence-corrected chi connectivity index (χ4v) is 3.15. The molecule has 3 aromatic rings.